The number of likely N-dealkylation sites (N-methyl/N-ethyl adjacent to an activating group) is 1. The van der Waals surface area contributed by atoms with Crippen LogP contribution in [0.25, 0.3) is 17.4 Å². The first-order valence-corrected chi connectivity index (χ1v) is 10.8. The largest absolute Gasteiger partial charge is 0.456 e. The van der Waals surface area contributed by atoms with E-state index in [2.05, 4.69) is 15.2 Å². The second kappa shape index (κ2) is 9.47. The number of hydrogen-bond donors (Lipinski definition) is 1. The van der Waals surface area contributed by atoms with Gasteiger partial charge < -0.3 is 14.6 Å². The first-order valence-electron chi connectivity index (χ1n) is 9.96. The van der Waals surface area contributed by atoms with Crippen LogP contribution in [0.3, 0.4) is 0 Å². The number of carbonyl (C=O) groups is 2. The zero-order chi connectivity index (χ0) is 22.7. The lowest BCUT2D eigenvalue weighted by molar-refractivity contribution is -0.384. The molecule has 11 heteroatoms. The summed E-state index contributed by atoms with van der Waals surface area (Å²) in [6.45, 7) is 3.62. The lowest BCUT2D eigenvalue weighted by Gasteiger charge is -2.31. The van der Waals surface area contributed by atoms with Crippen LogP contribution in [0.5, 0.6) is 0 Å². The molecule has 2 amide bonds. The van der Waals surface area contributed by atoms with E-state index in [0.29, 0.717) is 22.0 Å². The molecule has 0 spiro atoms. The van der Waals surface area contributed by atoms with Gasteiger partial charge in [-0.2, -0.15) is 4.99 Å². The monoisotopic (exact) mass is 455 g/mol. The Balaban J connectivity index is 1.44. The number of aliphatic imine (C=N–C) groups is 1. The number of rotatable bonds is 5. The van der Waals surface area contributed by atoms with Crippen molar-refractivity contribution in [3.05, 3.63) is 57.2 Å². The van der Waals surface area contributed by atoms with Crippen molar-refractivity contribution in [2.75, 3.05) is 39.8 Å². The van der Waals surface area contributed by atoms with E-state index in [1.165, 1.54) is 12.1 Å². The number of para-hydroxylation sites is 1. The Morgan fingerprint density at radius 1 is 1.25 bits per heavy atom. The summed E-state index contributed by atoms with van der Waals surface area (Å²) >= 11 is 1.05. The Bertz CT molecular complexity index is 1120. The molecule has 2 fully saturated rings. The van der Waals surface area contributed by atoms with E-state index in [9.17, 15) is 19.7 Å². The van der Waals surface area contributed by atoms with Gasteiger partial charge in [-0.05, 0) is 37.0 Å². The smallest absolute Gasteiger partial charge is 0.280 e. The minimum Gasteiger partial charge on any atom is -0.456 e. The highest BCUT2D eigenvalue weighted by Crippen LogP contribution is 2.32. The second-order valence-corrected chi connectivity index (χ2v) is 8.46. The average molecular weight is 455 g/mol. The molecule has 0 saturated carbocycles. The quantitative estimate of drug-likeness (QED) is 0.414. The van der Waals surface area contributed by atoms with Gasteiger partial charge in [0.05, 0.1) is 21.9 Å². The number of amides is 2. The molecule has 1 aromatic heterocycles. The third-order valence-electron chi connectivity index (χ3n) is 5.10. The van der Waals surface area contributed by atoms with Crippen molar-refractivity contribution >= 4 is 40.5 Å². The molecule has 0 unspecified atom stereocenters. The van der Waals surface area contributed by atoms with E-state index < -0.39 is 4.92 Å². The van der Waals surface area contributed by atoms with Gasteiger partial charge in [0.25, 0.3) is 17.5 Å². The SMILES string of the molecule is CN1CCN(CC(=O)/N=C2\NC(=O)/C(=C/c3ccc(-c4ccccc4[N+](=O)[O-])o3)S2)CC1. The number of nitrogens with zero attached hydrogens (tertiary/aromatic N) is 4. The highest BCUT2D eigenvalue weighted by Gasteiger charge is 2.26. The minimum atomic E-state index is -0.474. The molecule has 1 N–H and O–H groups in total. The highest BCUT2D eigenvalue weighted by molar-refractivity contribution is 8.18. The first-order chi connectivity index (χ1) is 15.4. The first kappa shape index (κ1) is 21.9. The van der Waals surface area contributed by atoms with Gasteiger partial charge in [0, 0.05) is 38.3 Å². The third-order valence-corrected chi connectivity index (χ3v) is 6.01. The van der Waals surface area contributed by atoms with Crippen LogP contribution in [-0.2, 0) is 9.59 Å². The van der Waals surface area contributed by atoms with Gasteiger partial charge in [-0.15, -0.1) is 0 Å². The van der Waals surface area contributed by atoms with Gasteiger partial charge in [-0.1, -0.05) is 12.1 Å². The highest BCUT2D eigenvalue weighted by atomic mass is 32.2. The Morgan fingerprint density at radius 3 is 2.75 bits per heavy atom. The standard InChI is InChI=1S/C21H21N5O5S/c1-24-8-10-25(11-9-24)13-19(27)22-21-23-20(28)18(32-21)12-14-6-7-17(31-14)15-4-2-3-5-16(15)26(29)30/h2-7,12H,8-11,13H2,1H3,(H,22,23,27,28)/b18-12-. The topological polar surface area (TPSA) is 121 Å². The van der Waals surface area contributed by atoms with Gasteiger partial charge in [0.2, 0.25) is 0 Å². The van der Waals surface area contributed by atoms with Crippen molar-refractivity contribution in [3.8, 4) is 11.3 Å². The van der Waals surface area contributed by atoms with Crippen molar-refractivity contribution < 1.29 is 18.9 Å². The number of hydrogen-bond acceptors (Lipinski definition) is 8. The van der Waals surface area contributed by atoms with Crippen molar-refractivity contribution in [2.45, 2.75) is 0 Å². The van der Waals surface area contributed by atoms with E-state index in [4.69, 9.17) is 4.42 Å². The van der Waals surface area contributed by atoms with E-state index in [-0.39, 0.29) is 29.2 Å². The van der Waals surface area contributed by atoms with Crippen molar-refractivity contribution in [1.82, 2.24) is 15.1 Å². The Kier molecular flexibility index (Phi) is 6.49. The van der Waals surface area contributed by atoms with Crippen LogP contribution >= 0.6 is 11.8 Å². The fourth-order valence-corrected chi connectivity index (χ4v) is 4.19. The molecule has 3 heterocycles. The van der Waals surface area contributed by atoms with Crippen LogP contribution in [0.4, 0.5) is 5.69 Å². The van der Waals surface area contributed by atoms with Gasteiger partial charge in [0.15, 0.2) is 5.17 Å². The summed E-state index contributed by atoms with van der Waals surface area (Å²) in [5.41, 5.74) is 0.282. The molecule has 4 rings (SSSR count). The molecule has 10 nitrogen and oxygen atoms in total. The molecule has 0 radical (unpaired) electrons. The lowest BCUT2D eigenvalue weighted by Crippen LogP contribution is -2.46. The van der Waals surface area contributed by atoms with E-state index >= 15 is 0 Å². The molecule has 2 aliphatic heterocycles. The third kappa shape index (κ3) is 5.13. The number of nitro benzene ring substituents is 1. The van der Waals surface area contributed by atoms with Gasteiger partial charge in [-0.3, -0.25) is 24.6 Å². The zero-order valence-electron chi connectivity index (χ0n) is 17.3. The Morgan fingerprint density at radius 2 is 2.00 bits per heavy atom. The Hall–Kier alpha value is -3.28. The summed E-state index contributed by atoms with van der Waals surface area (Å²) in [6.07, 6.45) is 1.52. The summed E-state index contributed by atoms with van der Waals surface area (Å²) in [6, 6.07) is 9.51. The van der Waals surface area contributed by atoms with Crippen LogP contribution in [0, 0.1) is 10.1 Å². The molecule has 0 aliphatic carbocycles. The van der Waals surface area contributed by atoms with Crippen molar-refractivity contribution in [2.24, 2.45) is 4.99 Å². The molecule has 0 bridgehead atoms. The summed E-state index contributed by atoms with van der Waals surface area (Å²) in [7, 11) is 2.04. The predicted octanol–water partition coefficient (Wildman–Crippen LogP) is 2.19. The van der Waals surface area contributed by atoms with E-state index in [1.54, 1.807) is 30.3 Å². The average Bonchev–Trinajstić information content (AvgIpc) is 3.36. The van der Waals surface area contributed by atoms with Gasteiger partial charge in [0.1, 0.15) is 11.5 Å². The Labute approximate surface area is 188 Å². The van der Waals surface area contributed by atoms with Crippen LogP contribution in [0.2, 0.25) is 0 Å². The number of amidine groups is 1. The van der Waals surface area contributed by atoms with Crippen LogP contribution in [0.1, 0.15) is 5.76 Å². The molecule has 2 aliphatic rings. The van der Waals surface area contributed by atoms with Gasteiger partial charge >= 0.3 is 0 Å². The maximum atomic E-state index is 12.3. The number of nitrogens with one attached hydrogen (secondary N) is 1. The molecule has 2 aromatic rings. The van der Waals surface area contributed by atoms with Crippen LogP contribution in [-0.4, -0.2) is 71.5 Å². The van der Waals surface area contributed by atoms with Crippen LogP contribution in [0.15, 0.2) is 50.7 Å². The number of thioether (sulfide) groups is 1. The molecule has 1 aromatic carbocycles. The minimum absolute atomic E-state index is 0.0673. The lowest BCUT2D eigenvalue weighted by atomic mass is 10.1. The summed E-state index contributed by atoms with van der Waals surface area (Å²) in [4.78, 5) is 43.9. The molecular formula is C21H21N5O5S. The van der Waals surface area contributed by atoms with Crippen LogP contribution < -0.4 is 5.32 Å². The number of carbonyl (C=O) groups excluding carboxylic acids is 2. The molecule has 0 atom stereocenters. The molecular weight excluding hydrogens is 434 g/mol. The number of piperazine rings is 1. The maximum Gasteiger partial charge on any atom is 0.280 e. The number of nitro groups is 1. The molecule has 166 valence electrons. The molecule has 2 saturated heterocycles. The summed E-state index contributed by atoms with van der Waals surface area (Å²) in [5.74, 6) is -0.00956. The summed E-state index contributed by atoms with van der Waals surface area (Å²) < 4.78 is 5.70. The number of benzene rings is 1. The van der Waals surface area contributed by atoms with E-state index in [0.717, 1.165) is 37.9 Å². The zero-order valence-corrected chi connectivity index (χ0v) is 18.1. The fourth-order valence-electron chi connectivity index (χ4n) is 3.37. The van der Waals surface area contributed by atoms with E-state index in [1.807, 2.05) is 11.9 Å². The summed E-state index contributed by atoms with van der Waals surface area (Å²) in [5, 5.41) is 14.1. The van der Waals surface area contributed by atoms with Gasteiger partial charge in [-0.25, -0.2) is 0 Å². The number of furan rings is 1. The second-order valence-electron chi connectivity index (χ2n) is 7.43. The van der Waals surface area contributed by atoms with Crippen molar-refractivity contribution in [1.29, 1.82) is 0 Å². The fraction of sp³-hybridized carbons (Fsp3) is 0.286. The maximum absolute atomic E-state index is 12.3. The normalized spacial score (nSPS) is 20.1. The van der Waals surface area contributed by atoms with Crippen molar-refractivity contribution in [3.63, 3.8) is 0 Å². The predicted molar refractivity (Wildman–Crippen MR) is 121 cm³/mol. The molecule has 32 heavy (non-hydrogen) atoms.